The second kappa shape index (κ2) is 4.80. The summed E-state index contributed by atoms with van der Waals surface area (Å²) in [6, 6.07) is 0. The fraction of sp³-hybridized carbons (Fsp3) is 1.00. The standard InChI is InChI=1S/C9H21NO2/c1-4-9(12,7(2)3)5-8(11)6-10/h7-8,11-12H,4-6,10H2,1-3H3/t8-,9+/m1/s1. The zero-order chi connectivity index (χ0) is 9.78. The van der Waals surface area contributed by atoms with E-state index < -0.39 is 11.7 Å². The van der Waals surface area contributed by atoms with Crippen molar-refractivity contribution >= 4 is 0 Å². The van der Waals surface area contributed by atoms with Gasteiger partial charge in [-0.15, -0.1) is 0 Å². The fourth-order valence-electron chi connectivity index (χ4n) is 1.28. The Balaban J connectivity index is 4.14. The van der Waals surface area contributed by atoms with Crippen LogP contribution in [0.1, 0.15) is 33.6 Å². The van der Waals surface area contributed by atoms with Crippen LogP contribution in [0.2, 0.25) is 0 Å². The van der Waals surface area contributed by atoms with Crippen molar-refractivity contribution in [1.29, 1.82) is 0 Å². The topological polar surface area (TPSA) is 66.5 Å². The Morgan fingerprint density at radius 3 is 2.17 bits per heavy atom. The van der Waals surface area contributed by atoms with Crippen LogP contribution in [0.4, 0.5) is 0 Å². The van der Waals surface area contributed by atoms with Gasteiger partial charge in [-0.25, -0.2) is 0 Å². The van der Waals surface area contributed by atoms with Crippen molar-refractivity contribution < 1.29 is 10.2 Å². The lowest BCUT2D eigenvalue weighted by molar-refractivity contribution is -0.0467. The quantitative estimate of drug-likeness (QED) is 0.570. The van der Waals surface area contributed by atoms with Crippen molar-refractivity contribution in [3.63, 3.8) is 0 Å². The van der Waals surface area contributed by atoms with Crippen molar-refractivity contribution in [2.45, 2.75) is 45.3 Å². The van der Waals surface area contributed by atoms with E-state index >= 15 is 0 Å². The van der Waals surface area contributed by atoms with Crippen LogP contribution in [0, 0.1) is 5.92 Å². The van der Waals surface area contributed by atoms with Crippen molar-refractivity contribution in [2.75, 3.05) is 6.54 Å². The number of aliphatic hydroxyl groups excluding tert-OH is 1. The molecule has 0 rings (SSSR count). The highest BCUT2D eigenvalue weighted by atomic mass is 16.3. The van der Waals surface area contributed by atoms with Gasteiger partial charge in [0, 0.05) is 13.0 Å². The van der Waals surface area contributed by atoms with Crippen LogP contribution in [0.15, 0.2) is 0 Å². The lowest BCUT2D eigenvalue weighted by Crippen LogP contribution is -2.40. The van der Waals surface area contributed by atoms with Gasteiger partial charge < -0.3 is 15.9 Å². The summed E-state index contributed by atoms with van der Waals surface area (Å²) in [5.41, 5.74) is 4.51. The van der Waals surface area contributed by atoms with Gasteiger partial charge in [0.05, 0.1) is 11.7 Å². The molecule has 0 amide bonds. The van der Waals surface area contributed by atoms with Crippen LogP contribution in [-0.4, -0.2) is 28.5 Å². The van der Waals surface area contributed by atoms with Gasteiger partial charge in [0.15, 0.2) is 0 Å². The maximum absolute atomic E-state index is 9.98. The van der Waals surface area contributed by atoms with Gasteiger partial charge >= 0.3 is 0 Å². The van der Waals surface area contributed by atoms with E-state index in [-0.39, 0.29) is 12.5 Å². The largest absolute Gasteiger partial charge is 0.392 e. The Labute approximate surface area is 74.6 Å². The molecule has 4 N–H and O–H groups in total. The van der Waals surface area contributed by atoms with Gasteiger partial charge in [-0.1, -0.05) is 20.8 Å². The normalized spacial score (nSPS) is 19.2. The van der Waals surface area contributed by atoms with Crippen molar-refractivity contribution in [2.24, 2.45) is 11.7 Å². The molecule has 0 heterocycles. The third-order valence-corrected chi connectivity index (χ3v) is 2.55. The predicted octanol–water partition coefficient (Wildman–Crippen LogP) is 0.493. The Kier molecular flexibility index (Phi) is 4.75. The molecular formula is C9H21NO2. The van der Waals surface area contributed by atoms with Gasteiger partial charge in [-0.2, -0.15) is 0 Å². The summed E-state index contributed by atoms with van der Waals surface area (Å²) in [6.45, 7) is 6.04. The first-order valence-corrected chi connectivity index (χ1v) is 4.56. The lowest BCUT2D eigenvalue weighted by atomic mass is 9.83. The summed E-state index contributed by atoms with van der Waals surface area (Å²) in [5, 5.41) is 19.3. The van der Waals surface area contributed by atoms with E-state index in [2.05, 4.69) is 0 Å². The molecule has 0 saturated heterocycles. The van der Waals surface area contributed by atoms with E-state index in [1.54, 1.807) is 0 Å². The molecule has 0 radical (unpaired) electrons. The maximum Gasteiger partial charge on any atom is 0.0693 e. The first kappa shape index (κ1) is 11.9. The molecule has 0 aliphatic rings. The Morgan fingerprint density at radius 1 is 1.42 bits per heavy atom. The molecule has 0 bridgehead atoms. The third kappa shape index (κ3) is 3.09. The summed E-state index contributed by atoms with van der Waals surface area (Å²) >= 11 is 0. The Bertz CT molecular complexity index is 128. The molecule has 12 heavy (non-hydrogen) atoms. The molecule has 2 atom stereocenters. The summed E-state index contributed by atoms with van der Waals surface area (Å²) < 4.78 is 0. The number of nitrogens with two attached hydrogens (primary N) is 1. The van der Waals surface area contributed by atoms with E-state index in [1.807, 2.05) is 20.8 Å². The van der Waals surface area contributed by atoms with Crippen LogP contribution >= 0.6 is 0 Å². The van der Waals surface area contributed by atoms with Crippen LogP contribution in [-0.2, 0) is 0 Å². The molecule has 0 fully saturated rings. The third-order valence-electron chi connectivity index (χ3n) is 2.55. The van der Waals surface area contributed by atoms with Gasteiger partial charge in [0.2, 0.25) is 0 Å². The number of hydrogen-bond donors (Lipinski definition) is 3. The fourth-order valence-corrected chi connectivity index (χ4v) is 1.28. The summed E-state index contributed by atoms with van der Waals surface area (Å²) in [7, 11) is 0. The second-order valence-electron chi connectivity index (χ2n) is 3.71. The first-order chi connectivity index (χ1) is 5.46. The summed E-state index contributed by atoms with van der Waals surface area (Å²) in [5.74, 6) is 0.156. The minimum atomic E-state index is -0.765. The van der Waals surface area contributed by atoms with Crippen LogP contribution in [0.25, 0.3) is 0 Å². The molecule has 0 saturated carbocycles. The number of rotatable bonds is 5. The highest BCUT2D eigenvalue weighted by molar-refractivity contribution is 4.83. The second-order valence-corrected chi connectivity index (χ2v) is 3.71. The van der Waals surface area contributed by atoms with Crippen LogP contribution in [0.5, 0.6) is 0 Å². The van der Waals surface area contributed by atoms with E-state index in [1.165, 1.54) is 0 Å². The molecule has 0 aliphatic carbocycles. The molecule has 0 spiro atoms. The average molecular weight is 175 g/mol. The zero-order valence-electron chi connectivity index (χ0n) is 8.25. The lowest BCUT2D eigenvalue weighted by Gasteiger charge is -2.32. The molecule has 3 heteroatoms. The van der Waals surface area contributed by atoms with Crippen LogP contribution < -0.4 is 5.73 Å². The van der Waals surface area contributed by atoms with Crippen LogP contribution in [0.3, 0.4) is 0 Å². The van der Waals surface area contributed by atoms with Gasteiger partial charge in [0.1, 0.15) is 0 Å². The SMILES string of the molecule is CC[C@](O)(C[C@@H](O)CN)C(C)C. The Morgan fingerprint density at radius 2 is 1.92 bits per heavy atom. The first-order valence-electron chi connectivity index (χ1n) is 4.56. The predicted molar refractivity (Wildman–Crippen MR) is 49.8 cm³/mol. The molecule has 0 aromatic carbocycles. The highest BCUT2D eigenvalue weighted by Crippen LogP contribution is 2.25. The smallest absolute Gasteiger partial charge is 0.0693 e. The molecule has 3 nitrogen and oxygen atoms in total. The minimum Gasteiger partial charge on any atom is -0.392 e. The molecule has 0 aliphatic heterocycles. The number of hydrogen-bond acceptors (Lipinski definition) is 3. The minimum absolute atomic E-state index is 0.156. The summed E-state index contributed by atoms with van der Waals surface area (Å²) in [4.78, 5) is 0. The van der Waals surface area contributed by atoms with Crippen molar-refractivity contribution in [3.8, 4) is 0 Å². The van der Waals surface area contributed by atoms with E-state index in [4.69, 9.17) is 5.73 Å². The molecular weight excluding hydrogens is 154 g/mol. The zero-order valence-corrected chi connectivity index (χ0v) is 8.25. The highest BCUT2D eigenvalue weighted by Gasteiger charge is 2.30. The molecule has 74 valence electrons. The van der Waals surface area contributed by atoms with E-state index in [9.17, 15) is 10.2 Å². The number of aliphatic hydroxyl groups is 2. The van der Waals surface area contributed by atoms with Crippen molar-refractivity contribution in [1.82, 2.24) is 0 Å². The molecule has 0 aromatic rings. The van der Waals surface area contributed by atoms with Gasteiger partial charge in [-0.05, 0) is 12.3 Å². The van der Waals surface area contributed by atoms with Gasteiger partial charge in [0.25, 0.3) is 0 Å². The average Bonchev–Trinajstić information content (AvgIpc) is 2.03. The van der Waals surface area contributed by atoms with E-state index in [0.29, 0.717) is 12.8 Å². The van der Waals surface area contributed by atoms with Crippen molar-refractivity contribution in [3.05, 3.63) is 0 Å². The summed E-state index contributed by atoms with van der Waals surface area (Å²) in [6.07, 6.45) is 0.441. The van der Waals surface area contributed by atoms with Gasteiger partial charge in [-0.3, -0.25) is 0 Å². The van der Waals surface area contributed by atoms with E-state index in [0.717, 1.165) is 0 Å². The molecule has 0 aromatic heterocycles. The Hall–Kier alpha value is -0.120. The maximum atomic E-state index is 9.98. The monoisotopic (exact) mass is 175 g/mol. The molecule has 0 unspecified atom stereocenters.